The largest absolute Gasteiger partial charge is 0.372 e. The van der Waals surface area contributed by atoms with Gasteiger partial charge in [-0.25, -0.2) is 0 Å². The van der Waals surface area contributed by atoms with E-state index >= 15 is 0 Å². The first kappa shape index (κ1) is 13.2. The molecule has 1 aromatic carbocycles. The molecule has 0 atom stereocenters. The van der Waals surface area contributed by atoms with Crippen LogP contribution in [0.2, 0.25) is 0 Å². The topological polar surface area (TPSA) is 67.4 Å². The van der Waals surface area contributed by atoms with Crippen molar-refractivity contribution in [3.05, 3.63) is 24.3 Å². The summed E-state index contributed by atoms with van der Waals surface area (Å²) in [6.45, 7) is 3.83. The Morgan fingerprint density at radius 3 is 2.12 bits per heavy atom. The molecule has 1 aromatic rings. The lowest BCUT2D eigenvalue weighted by molar-refractivity contribution is -0.120. The number of carbonyl (C=O) groups is 2. The van der Waals surface area contributed by atoms with Gasteiger partial charge in [0.05, 0.1) is 0 Å². The minimum atomic E-state index is -0.195. The van der Waals surface area contributed by atoms with Crippen LogP contribution in [0.4, 0.5) is 11.4 Å². The van der Waals surface area contributed by atoms with E-state index in [4.69, 9.17) is 4.74 Å². The molecule has 0 radical (unpaired) electrons. The second-order valence-electron chi connectivity index (χ2n) is 3.44. The van der Waals surface area contributed by atoms with E-state index in [-0.39, 0.29) is 18.4 Å². The Bertz CT molecular complexity index is 387. The van der Waals surface area contributed by atoms with E-state index in [2.05, 4.69) is 10.6 Å². The number of nitrogens with one attached hydrogen (secondary N) is 2. The lowest BCUT2D eigenvalue weighted by Gasteiger charge is -2.06. The summed E-state index contributed by atoms with van der Waals surface area (Å²) in [6.07, 6.45) is 0. The van der Waals surface area contributed by atoms with E-state index in [0.29, 0.717) is 18.0 Å². The average Bonchev–Trinajstić information content (AvgIpc) is 2.28. The Morgan fingerprint density at radius 1 is 1.12 bits per heavy atom. The fourth-order valence-electron chi connectivity index (χ4n) is 1.23. The molecule has 0 saturated heterocycles. The van der Waals surface area contributed by atoms with Gasteiger partial charge in [-0.05, 0) is 31.2 Å². The predicted molar refractivity (Wildman–Crippen MR) is 65.9 cm³/mol. The Hall–Kier alpha value is -1.88. The Morgan fingerprint density at radius 2 is 1.65 bits per heavy atom. The molecule has 0 heterocycles. The van der Waals surface area contributed by atoms with Gasteiger partial charge >= 0.3 is 0 Å². The van der Waals surface area contributed by atoms with Gasteiger partial charge in [0, 0.05) is 24.9 Å². The van der Waals surface area contributed by atoms with Crippen molar-refractivity contribution in [2.75, 3.05) is 23.8 Å². The van der Waals surface area contributed by atoms with E-state index in [1.54, 1.807) is 24.3 Å². The van der Waals surface area contributed by atoms with Crippen molar-refractivity contribution in [1.29, 1.82) is 0 Å². The molecular formula is C12H16N2O3. The second kappa shape index (κ2) is 6.65. The van der Waals surface area contributed by atoms with Gasteiger partial charge in [-0.1, -0.05) is 0 Å². The maximum atomic E-state index is 11.3. The minimum absolute atomic E-state index is 0.0456. The van der Waals surface area contributed by atoms with E-state index in [9.17, 15) is 9.59 Å². The van der Waals surface area contributed by atoms with Crippen molar-refractivity contribution in [1.82, 2.24) is 0 Å². The van der Waals surface area contributed by atoms with E-state index in [0.717, 1.165) is 0 Å². The summed E-state index contributed by atoms with van der Waals surface area (Å²) in [5.41, 5.74) is 1.36. The lowest BCUT2D eigenvalue weighted by atomic mass is 10.2. The van der Waals surface area contributed by atoms with Crippen LogP contribution in [0.1, 0.15) is 13.8 Å². The zero-order chi connectivity index (χ0) is 12.7. The van der Waals surface area contributed by atoms with Crippen LogP contribution in [-0.2, 0) is 14.3 Å². The Kier molecular flexibility index (Phi) is 5.16. The molecule has 92 valence electrons. The first-order valence-corrected chi connectivity index (χ1v) is 5.37. The second-order valence-corrected chi connectivity index (χ2v) is 3.44. The van der Waals surface area contributed by atoms with Gasteiger partial charge in [-0.3, -0.25) is 9.59 Å². The highest BCUT2D eigenvalue weighted by Gasteiger charge is 2.02. The van der Waals surface area contributed by atoms with Crippen molar-refractivity contribution in [3.63, 3.8) is 0 Å². The van der Waals surface area contributed by atoms with Crippen molar-refractivity contribution in [2.45, 2.75) is 13.8 Å². The molecule has 0 fully saturated rings. The molecule has 2 amide bonds. The summed E-state index contributed by atoms with van der Waals surface area (Å²) in [7, 11) is 0. The van der Waals surface area contributed by atoms with Crippen LogP contribution in [0, 0.1) is 0 Å². The standard InChI is InChI=1S/C12H16N2O3/c1-3-17-8-12(16)14-11-6-4-10(5-7-11)13-9(2)15/h4-7H,3,8H2,1-2H3,(H,13,15)(H,14,16). The Balaban J connectivity index is 2.50. The highest BCUT2D eigenvalue weighted by Crippen LogP contribution is 2.13. The summed E-state index contributed by atoms with van der Waals surface area (Å²) in [4.78, 5) is 22.1. The van der Waals surface area contributed by atoms with Crippen LogP contribution in [0.5, 0.6) is 0 Å². The number of benzene rings is 1. The summed E-state index contributed by atoms with van der Waals surface area (Å²) in [5, 5.41) is 5.32. The zero-order valence-electron chi connectivity index (χ0n) is 9.95. The number of anilines is 2. The van der Waals surface area contributed by atoms with Crippen LogP contribution < -0.4 is 10.6 Å². The van der Waals surface area contributed by atoms with Gasteiger partial charge in [0.25, 0.3) is 0 Å². The monoisotopic (exact) mass is 236 g/mol. The van der Waals surface area contributed by atoms with Gasteiger partial charge < -0.3 is 15.4 Å². The van der Waals surface area contributed by atoms with E-state index < -0.39 is 0 Å². The fourth-order valence-corrected chi connectivity index (χ4v) is 1.23. The van der Waals surface area contributed by atoms with Gasteiger partial charge in [0.15, 0.2) is 0 Å². The molecule has 0 saturated carbocycles. The maximum absolute atomic E-state index is 11.3. The molecule has 5 heteroatoms. The number of carbonyl (C=O) groups excluding carboxylic acids is 2. The van der Waals surface area contributed by atoms with Crippen molar-refractivity contribution >= 4 is 23.2 Å². The maximum Gasteiger partial charge on any atom is 0.250 e. The molecular weight excluding hydrogens is 220 g/mol. The van der Waals surface area contributed by atoms with Crippen molar-refractivity contribution < 1.29 is 14.3 Å². The highest BCUT2D eigenvalue weighted by molar-refractivity contribution is 5.92. The number of ether oxygens (including phenoxy) is 1. The Labute approximate surface area is 100 Å². The average molecular weight is 236 g/mol. The third-order valence-electron chi connectivity index (χ3n) is 1.93. The highest BCUT2D eigenvalue weighted by atomic mass is 16.5. The zero-order valence-corrected chi connectivity index (χ0v) is 9.95. The van der Waals surface area contributed by atoms with Crippen LogP contribution in [0.25, 0.3) is 0 Å². The first-order valence-electron chi connectivity index (χ1n) is 5.37. The third-order valence-corrected chi connectivity index (χ3v) is 1.93. The number of rotatable bonds is 5. The van der Waals surface area contributed by atoms with E-state index in [1.165, 1.54) is 6.92 Å². The molecule has 0 aliphatic rings. The van der Waals surface area contributed by atoms with E-state index in [1.807, 2.05) is 6.92 Å². The van der Waals surface area contributed by atoms with Gasteiger partial charge in [-0.2, -0.15) is 0 Å². The molecule has 17 heavy (non-hydrogen) atoms. The van der Waals surface area contributed by atoms with Crippen LogP contribution in [0.3, 0.4) is 0 Å². The normalized spacial score (nSPS) is 9.76. The minimum Gasteiger partial charge on any atom is -0.372 e. The van der Waals surface area contributed by atoms with Crippen LogP contribution in [0.15, 0.2) is 24.3 Å². The third kappa shape index (κ3) is 5.12. The van der Waals surface area contributed by atoms with Crippen LogP contribution >= 0.6 is 0 Å². The van der Waals surface area contributed by atoms with Gasteiger partial charge in [0.2, 0.25) is 11.8 Å². The molecule has 0 aromatic heterocycles. The summed E-state index contributed by atoms with van der Waals surface area (Å²) < 4.78 is 4.97. The molecule has 0 aliphatic heterocycles. The quantitative estimate of drug-likeness (QED) is 0.816. The SMILES string of the molecule is CCOCC(=O)Nc1ccc(NC(C)=O)cc1. The lowest BCUT2D eigenvalue weighted by Crippen LogP contribution is -2.18. The summed E-state index contributed by atoms with van der Waals surface area (Å²) in [6, 6.07) is 6.87. The molecule has 2 N–H and O–H groups in total. The molecule has 0 unspecified atom stereocenters. The van der Waals surface area contributed by atoms with Crippen LogP contribution in [-0.4, -0.2) is 25.0 Å². The fraction of sp³-hybridized carbons (Fsp3) is 0.333. The number of amides is 2. The first-order chi connectivity index (χ1) is 8.11. The molecule has 0 spiro atoms. The van der Waals surface area contributed by atoms with Crippen molar-refractivity contribution in [3.8, 4) is 0 Å². The van der Waals surface area contributed by atoms with Gasteiger partial charge in [0.1, 0.15) is 6.61 Å². The smallest absolute Gasteiger partial charge is 0.250 e. The molecule has 5 nitrogen and oxygen atoms in total. The van der Waals surface area contributed by atoms with Gasteiger partial charge in [-0.15, -0.1) is 0 Å². The van der Waals surface area contributed by atoms with Crippen molar-refractivity contribution in [2.24, 2.45) is 0 Å². The summed E-state index contributed by atoms with van der Waals surface area (Å²) in [5.74, 6) is -0.322. The molecule has 0 bridgehead atoms. The predicted octanol–water partition coefficient (Wildman–Crippen LogP) is 1.62. The summed E-state index contributed by atoms with van der Waals surface area (Å²) >= 11 is 0. The molecule has 1 rings (SSSR count). The number of hydrogen-bond donors (Lipinski definition) is 2. The number of hydrogen-bond acceptors (Lipinski definition) is 3. The molecule has 0 aliphatic carbocycles.